The van der Waals surface area contributed by atoms with Crippen LogP contribution in [0.2, 0.25) is 0 Å². The van der Waals surface area contributed by atoms with Crippen molar-refractivity contribution in [2.75, 3.05) is 0 Å². The van der Waals surface area contributed by atoms with Crippen LogP contribution in [-0.4, -0.2) is 6.61 Å². The number of allylic oxidation sites excluding steroid dienone is 2. The van der Waals surface area contributed by atoms with E-state index in [-0.39, 0.29) is 0 Å². The Morgan fingerprint density at radius 3 is 2.03 bits per heavy atom. The average Bonchev–Trinajstić information content (AvgIpc) is 2.74. The molecule has 5 heteroatoms. The maximum Gasteiger partial charge on any atom is 0.387 e. The topological polar surface area (TPSA) is 9.23 Å². The Hall–Kier alpha value is -1.52. The minimum Gasteiger partial charge on any atom is -0.429 e. The van der Waals surface area contributed by atoms with Crippen molar-refractivity contribution in [3.05, 3.63) is 41.5 Å². The number of alkyl halides is 2. The van der Waals surface area contributed by atoms with Gasteiger partial charge in [0.2, 0.25) is 0 Å². The Morgan fingerprint density at radius 1 is 0.933 bits per heavy atom. The van der Waals surface area contributed by atoms with E-state index in [1.165, 1.54) is 51.4 Å². The van der Waals surface area contributed by atoms with E-state index >= 15 is 0 Å². The molecule has 1 aromatic carbocycles. The van der Waals surface area contributed by atoms with Crippen molar-refractivity contribution in [1.29, 1.82) is 0 Å². The van der Waals surface area contributed by atoms with Gasteiger partial charge >= 0.3 is 6.61 Å². The van der Waals surface area contributed by atoms with Crippen molar-refractivity contribution in [3.8, 4) is 5.75 Å². The molecule has 0 bridgehead atoms. The highest BCUT2D eigenvalue weighted by atomic mass is 19.3. The molecule has 2 aliphatic carbocycles. The van der Waals surface area contributed by atoms with Crippen molar-refractivity contribution in [2.24, 2.45) is 23.7 Å². The predicted octanol–water partition coefficient (Wildman–Crippen LogP) is 8.08. The first-order valence-corrected chi connectivity index (χ1v) is 11.6. The number of hydrogen-bond donors (Lipinski definition) is 0. The minimum atomic E-state index is -3.24. The van der Waals surface area contributed by atoms with Gasteiger partial charge in [0.05, 0.1) is 0 Å². The monoisotopic (exact) mass is 426 g/mol. The highest BCUT2D eigenvalue weighted by Crippen LogP contribution is 2.42. The van der Waals surface area contributed by atoms with Crippen molar-refractivity contribution in [1.82, 2.24) is 0 Å². The quantitative estimate of drug-likeness (QED) is 0.302. The van der Waals surface area contributed by atoms with E-state index in [4.69, 9.17) is 0 Å². The Labute approximate surface area is 177 Å². The minimum absolute atomic E-state index is 0.507. The summed E-state index contributed by atoms with van der Waals surface area (Å²) in [6.07, 6.45) is 17.5. The molecule has 0 atom stereocenters. The molecule has 1 nitrogen and oxygen atoms in total. The zero-order valence-corrected chi connectivity index (χ0v) is 17.9. The average molecular weight is 427 g/mol. The Bertz CT molecular complexity index is 663. The van der Waals surface area contributed by atoms with Crippen LogP contribution < -0.4 is 4.74 Å². The first-order chi connectivity index (χ1) is 14.5. The number of ether oxygens (including phenoxy) is 1. The van der Waals surface area contributed by atoms with Crippen LogP contribution in [0.25, 0.3) is 0 Å². The Balaban J connectivity index is 1.42. The molecule has 0 radical (unpaired) electrons. The van der Waals surface area contributed by atoms with Gasteiger partial charge in [-0.1, -0.05) is 31.9 Å². The summed E-state index contributed by atoms with van der Waals surface area (Å²) in [6, 6.07) is 2.25. The molecule has 0 amide bonds. The molecule has 1 aromatic rings. The molecule has 2 fully saturated rings. The van der Waals surface area contributed by atoms with Gasteiger partial charge in [0.1, 0.15) is 0 Å². The molecule has 0 N–H and O–H groups in total. The van der Waals surface area contributed by atoms with Gasteiger partial charge in [-0.15, -0.1) is 0 Å². The van der Waals surface area contributed by atoms with Crippen molar-refractivity contribution >= 4 is 0 Å². The number of hydrogen-bond acceptors (Lipinski definition) is 1. The Kier molecular flexibility index (Phi) is 8.64. The second-order valence-electron chi connectivity index (χ2n) is 9.10. The van der Waals surface area contributed by atoms with Gasteiger partial charge < -0.3 is 4.74 Å². The van der Waals surface area contributed by atoms with Crippen LogP contribution in [0, 0.1) is 35.3 Å². The zero-order chi connectivity index (χ0) is 21.5. The maximum absolute atomic E-state index is 13.9. The molecule has 0 aliphatic heterocycles. The summed E-state index contributed by atoms with van der Waals surface area (Å²) in [5, 5.41) is 0. The van der Waals surface area contributed by atoms with Crippen LogP contribution in [0.3, 0.4) is 0 Å². The van der Waals surface area contributed by atoms with E-state index in [0.717, 1.165) is 42.7 Å². The number of benzene rings is 1. The molecule has 3 rings (SSSR count). The first kappa shape index (κ1) is 23.1. The van der Waals surface area contributed by atoms with Crippen molar-refractivity contribution < 1.29 is 22.3 Å². The fraction of sp³-hybridized carbons (Fsp3) is 0.680. The lowest BCUT2D eigenvalue weighted by atomic mass is 9.68. The van der Waals surface area contributed by atoms with Crippen molar-refractivity contribution in [3.63, 3.8) is 0 Å². The summed E-state index contributed by atoms with van der Waals surface area (Å²) in [4.78, 5) is 0. The maximum atomic E-state index is 13.9. The van der Waals surface area contributed by atoms with Crippen LogP contribution in [0.5, 0.6) is 5.75 Å². The molecule has 0 spiro atoms. The predicted molar refractivity (Wildman–Crippen MR) is 112 cm³/mol. The van der Waals surface area contributed by atoms with Gasteiger partial charge in [-0.25, -0.2) is 8.78 Å². The molecule has 0 unspecified atom stereocenters. The van der Waals surface area contributed by atoms with Crippen LogP contribution in [0.1, 0.15) is 76.7 Å². The number of aryl methyl sites for hydroxylation is 1. The van der Waals surface area contributed by atoms with E-state index in [0.29, 0.717) is 17.9 Å². The Morgan fingerprint density at radius 2 is 1.50 bits per heavy atom. The standard InChI is InChI=1S/C25H34F4O/c1-2-3-4-17-7-11-20(12-8-17)21-13-9-18(10-14-21)5-6-19-15-22(26)24(23(27)16-19)30-25(28)29/h3-4,15-18,20-21,25H,2,5-14H2,1H3/b4-3+/t17-,18-,20-,21-. The summed E-state index contributed by atoms with van der Waals surface area (Å²) in [5.41, 5.74) is 0.507. The molecule has 168 valence electrons. The largest absolute Gasteiger partial charge is 0.429 e. The second kappa shape index (κ2) is 11.2. The summed E-state index contributed by atoms with van der Waals surface area (Å²) in [7, 11) is 0. The first-order valence-electron chi connectivity index (χ1n) is 11.6. The smallest absolute Gasteiger partial charge is 0.387 e. The lowest BCUT2D eigenvalue weighted by Gasteiger charge is -2.37. The van der Waals surface area contributed by atoms with E-state index < -0.39 is 24.0 Å². The number of rotatable bonds is 8. The molecule has 2 aliphatic rings. The summed E-state index contributed by atoms with van der Waals surface area (Å²) < 4.78 is 56.2. The van der Waals surface area contributed by atoms with Gasteiger partial charge in [0, 0.05) is 0 Å². The van der Waals surface area contributed by atoms with Gasteiger partial charge in [0.25, 0.3) is 0 Å². The van der Waals surface area contributed by atoms with Crippen LogP contribution in [-0.2, 0) is 6.42 Å². The highest BCUT2D eigenvalue weighted by Gasteiger charge is 2.30. The molecular formula is C25H34F4O. The molecule has 0 heterocycles. The summed E-state index contributed by atoms with van der Waals surface area (Å²) >= 11 is 0. The lowest BCUT2D eigenvalue weighted by Crippen LogP contribution is -2.25. The van der Waals surface area contributed by atoms with Crippen molar-refractivity contribution in [2.45, 2.75) is 84.2 Å². The molecular weight excluding hydrogens is 392 g/mol. The second-order valence-corrected chi connectivity index (χ2v) is 9.10. The molecule has 0 saturated heterocycles. The fourth-order valence-electron chi connectivity index (χ4n) is 5.41. The van der Waals surface area contributed by atoms with Crippen LogP contribution >= 0.6 is 0 Å². The van der Waals surface area contributed by atoms with E-state index in [1.54, 1.807) is 0 Å². The van der Waals surface area contributed by atoms with Gasteiger partial charge in [-0.05, 0) is 99.2 Å². The third kappa shape index (κ3) is 6.49. The third-order valence-corrected chi connectivity index (χ3v) is 7.12. The summed E-state index contributed by atoms with van der Waals surface area (Å²) in [6.45, 7) is -1.05. The van der Waals surface area contributed by atoms with E-state index in [2.05, 4.69) is 23.8 Å². The number of halogens is 4. The van der Waals surface area contributed by atoms with Crippen LogP contribution in [0.15, 0.2) is 24.3 Å². The van der Waals surface area contributed by atoms with Gasteiger partial charge in [0.15, 0.2) is 17.4 Å². The van der Waals surface area contributed by atoms with Gasteiger partial charge in [-0.2, -0.15) is 8.78 Å². The normalized spacial score (nSPS) is 27.7. The SMILES string of the molecule is CC/C=C/[C@H]1CC[C@H]([C@H]2CC[C@H](CCc3cc(F)c(OC(F)F)c(F)c3)CC2)CC1. The summed E-state index contributed by atoms with van der Waals surface area (Å²) in [5.74, 6) is -0.0595. The zero-order valence-electron chi connectivity index (χ0n) is 17.9. The molecule has 30 heavy (non-hydrogen) atoms. The molecule has 0 aromatic heterocycles. The van der Waals surface area contributed by atoms with E-state index in [9.17, 15) is 17.6 Å². The van der Waals surface area contributed by atoms with E-state index in [1.807, 2.05) is 0 Å². The van der Waals surface area contributed by atoms with Gasteiger partial charge in [-0.3, -0.25) is 0 Å². The fourth-order valence-corrected chi connectivity index (χ4v) is 5.41. The molecule has 2 saturated carbocycles. The van der Waals surface area contributed by atoms with Crippen LogP contribution in [0.4, 0.5) is 17.6 Å². The highest BCUT2D eigenvalue weighted by molar-refractivity contribution is 5.31. The third-order valence-electron chi connectivity index (χ3n) is 7.12. The lowest BCUT2D eigenvalue weighted by molar-refractivity contribution is -0.0546.